The molecule has 0 atom stereocenters. The van der Waals surface area contributed by atoms with Crippen molar-refractivity contribution in [3.63, 3.8) is 0 Å². The Balaban J connectivity index is 1.53. The van der Waals surface area contributed by atoms with E-state index in [9.17, 15) is 9.90 Å². The molecule has 3 aromatic carbocycles. The van der Waals surface area contributed by atoms with Crippen LogP contribution in [0.15, 0.2) is 75.4 Å². The molecule has 0 fully saturated rings. The van der Waals surface area contributed by atoms with E-state index in [2.05, 4.69) is 69.6 Å². The number of hydrogen-bond acceptors (Lipinski definition) is 8. The Bertz CT molecular complexity index is 1510. The van der Waals surface area contributed by atoms with E-state index in [1.807, 2.05) is 41.0 Å². The fourth-order valence-corrected chi connectivity index (χ4v) is 5.00. The highest BCUT2D eigenvalue weighted by Gasteiger charge is 2.19. The van der Waals surface area contributed by atoms with Gasteiger partial charge in [-0.15, -0.1) is 10.2 Å². The number of halogens is 1. The maximum absolute atomic E-state index is 12.6. The van der Waals surface area contributed by atoms with Crippen LogP contribution in [0.4, 0.5) is 0 Å². The summed E-state index contributed by atoms with van der Waals surface area (Å²) < 4.78 is 12.8. The number of hydrogen-bond donors (Lipinski definition) is 2. The van der Waals surface area contributed by atoms with Gasteiger partial charge in [0.05, 0.1) is 30.7 Å². The van der Waals surface area contributed by atoms with Crippen LogP contribution in [0.3, 0.4) is 0 Å². The van der Waals surface area contributed by atoms with Crippen LogP contribution in [0.25, 0.3) is 17.1 Å². The number of thioether (sulfide) groups is 1. The lowest BCUT2D eigenvalue weighted by Gasteiger charge is -2.19. The highest BCUT2D eigenvalue weighted by molar-refractivity contribution is 9.10. The molecule has 0 bridgehead atoms. The number of carbonyl (C=O) groups is 1. The first-order valence-corrected chi connectivity index (χ1v) is 14.1. The summed E-state index contributed by atoms with van der Waals surface area (Å²) in [5.41, 5.74) is 6.16. The van der Waals surface area contributed by atoms with Crippen molar-refractivity contribution in [3.8, 4) is 34.3 Å². The molecule has 0 aliphatic carbocycles. The molecule has 40 heavy (non-hydrogen) atoms. The molecule has 0 aliphatic heterocycles. The zero-order valence-corrected chi connectivity index (χ0v) is 25.2. The number of ether oxygens (including phenoxy) is 2. The van der Waals surface area contributed by atoms with E-state index < -0.39 is 0 Å². The minimum Gasteiger partial charge on any atom is -0.503 e. The van der Waals surface area contributed by atoms with Gasteiger partial charge in [-0.05, 0) is 68.9 Å². The number of amides is 1. The molecule has 4 aromatic rings. The summed E-state index contributed by atoms with van der Waals surface area (Å²) in [6.45, 7) is 6.52. The molecule has 208 valence electrons. The van der Waals surface area contributed by atoms with Crippen molar-refractivity contribution in [2.24, 2.45) is 5.10 Å². The van der Waals surface area contributed by atoms with Crippen molar-refractivity contribution in [2.45, 2.75) is 31.3 Å². The van der Waals surface area contributed by atoms with E-state index in [1.54, 1.807) is 19.2 Å². The van der Waals surface area contributed by atoms with Crippen LogP contribution in [0.2, 0.25) is 0 Å². The van der Waals surface area contributed by atoms with Crippen LogP contribution < -0.4 is 14.9 Å². The van der Waals surface area contributed by atoms with Crippen LogP contribution in [-0.4, -0.2) is 52.0 Å². The van der Waals surface area contributed by atoms with Crippen LogP contribution in [-0.2, 0) is 10.2 Å². The van der Waals surface area contributed by atoms with Gasteiger partial charge in [0.2, 0.25) is 0 Å². The summed E-state index contributed by atoms with van der Waals surface area (Å²) in [7, 11) is 3.08. The number of phenols is 1. The maximum atomic E-state index is 12.6. The van der Waals surface area contributed by atoms with Crippen molar-refractivity contribution < 1.29 is 19.4 Å². The van der Waals surface area contributed by atoms with Crippen molar-refractivity contribution in [2.75, 3.05) is 20.0 Å². The number of nitrogens with zero attached hydrogens (tertiary/aromatic N) is 4. The zero-order chi connectivity index (χ0) is 28.9. The third-order valence-corrected chi connectivity index (χ3v) is 7.51. The average molecular weight is 625 g/mol. The van der Waals surface area contributed by atoms with Crippen LogP contribution in [0.1, 0.15) is 31.9 Å². The summed E-state index contributed by atoms with van der Waals surface area (Å²) in [5, 5.41) is 23.4. The molecular weight excluding hydrogens is 594 g/mol. The number of phenolic OH excluding ortho intramolecular Hbond substituents is 1. The molecule has 0 radical (unpaired) electrons. The van der Waals surface area contributed by atoms with Gasteiger partial charge in [0.15, 0.2) is 22.5 Å². The number of aromatic nitrogens is 3. The molecule has 1 aromatic heterocycles. The highest BCUT2D eigenvalue weighted by atomic mass is 79.9. The standard InChI is InChI=1S/C29H30BrN5O4S/c1-29(2,3)20-8-6-19(7-9-20)27-33-34-28(35(27)21-10-12-22(38-4)13-11-21)40-17-25(36)32-31-16-18-14-23(30)26(37)24(15-18)39-5/h6-16,37H,17H2,1-5H3,(H,32,36)/b31-16+. The first kappa shape index (κ1) is 29.2. The summed E-state index contributed by atoms with van der Waals surface area (Å²) in [6.07, 6.45) is 1.47. The van der Waals surface area contributed by atoms with E-state index in [1.165, 1.54) is 30.6 Å². The predicted molar refractivity (Wildman–Crippen MR) is 161 cm³/mol. The molecule has 1 heterocycles. The highest BCUT2D eigenvalue weighted by Crippen LogP contribution is 2.35. The monoisotopic (exact) mass is 623 g/mol. The number of nitrogens with one attached hydrogen (secondary N) is 1. The number of rotatable bonds is 9. The number of benzene rings is 3. The molecule has 0 unspecified atom stereocenters. The molecule has 0 spiro atoms. The maximum Gasteiger partial charge on any atom is 0.250 e. The fraction of sp³-hybridized carbons (Fsp3) is 0.241. The normalized spacial score (nSPS) is 11.6. The quantitative estimate of drug-likeness (QED) is 0.134. The Morgan fingerprint density at radius 2 is 1.77 bits per heavy atom. The summed E-state index contributed by atoms with van der Waals surface area (Å²) >= 11 is 4.52. The Morgan fingerprint density at radius 3 is 2.40 bits per heavy atom. The fourth-order valence-electron chi connectivity index (χ4n) is 3.80. The SMILES string of the molecule is COc1ccc(-n2c(SCC(=O)N/N=C/c3cc(Br)c(O)c(OC)c3)nnc2-c2ccc(C(C)(C)C)cc2)cc1. The third kappa shape index (κ3) is 6.83. The van der Waals surface area contributed by atoms with Gasteiger partial charge in [-0.2, -0.15) is 5.10 Å². The van der Waals surface area contributed by atoms with E-state index in [0.717, 1.165) is 17.0 Å². The second kappa shape index (κ2) is 12.6. The second-order valence-electron chi connectivity index (χ2n) is 9.80. The van der Waals surface area contributed by atoms with Gasteiger partial charge in [-0.3, -0.25) is 9.36 Å². The first-order valence-electron chi connectivity index (χ1n) is 12.3. The van der Waals surface area contributed by atoms with Crippen molar-refractivity contribution in [1.82, 2.24) is 20.2 Å². The topological polar surface area (TPSA) is 111 Å². The van der Waals surface area contributed by atoms with Crippen LogP contribution in [0, 0.1) is 0 Å². The average Bonchev–Trinajstić information content (AvgIpc) is 3.37. The van der Waals surface area contributed by atoms with Crippen molar-refractivity contribution in [1.29, 1.82) is 0 Å². The van der Waals surface area contributed by atoms with Gasteiger partial charge in [0.1, 0.15) is 5.75 Å². The second-order valence-corrected chi connectivity index (χ2v) is 11.6. The largest absolute Gasteiger partial charge is 0.503 e. The smallest absolute Gasteiger partial charge is 0.250 e. The zero-order valence-electron chi connectivity index (χ0n) is 22.8. The minimum atomic E-state index is -0.313. The number of methoxy groups -OCH3 is 2. The molecular formula is C29H30BrN5O4S. The summed E-state index contributed by atoms with van der Waals surface area (Å²) in [5.74, 6) is 1.43. The van der Waals surface area contributed by atoms with Crippen LogP contribution in [0.5, 0.6) is 17.2 Å². The van der Waals surface area contributed by atoms with E-state index in [0.29, 0.717) is 26.8 Å². The lowest BCUT2D eigenvalue weighted by atomic mass is 9.87. The van der Waals surface area contributed by atoms with Gasteiger partial charge in [-0.25, -0.2) is 5.43 Å². The lowest BCUT2D eigenvalue weighted by molar-refractivity contribution is -0.118. The molecule has 0 aliphatic rings. The summed E-state index contributed by atoms with van der Waals surface area (Å²) in [6, 6.07) is 19.1. The third-order valence-electron chi connectivity index (χ3n) is 5.98. The number of carbonyl (C=O) groups excluding carboxylic acids is 1. The Labute approximate surface area is 245 Å². The van der Waals surface area contributed by atoms with E-state index >= 15 is 0 Å². The van der Waals surface area contributed by atoms with Crippen LogP contribution >= 0.6 is 27.7 Å². The van der Waals surface area contributed by atoms with Gasteiger partial charge >= 0.3 is 0 Å². The number of aromatic hydroxyl groups is 1. The molecule has 0 saturated carbocycles. The van der Waals surface area contributed by atoms with Gasteiger partial charge in [0.25, 0.3) is 5.91 Å². The summed E-state index contributed by atoms with van der Waals surface area (Å²) in [4.78, 5) is 12.6. The van der Waals surface area contributed by atoms with Gasteiger partial charge in [-0.1, -0.05) is 56.8 Å². The Morgan fingerprint density at radius 1 is 1.07 bits per heavy atom. The first-order chi connectivity index (χ1) is 19.1. The molecule has 11 heteroatoms. The minimum absolute atomic E-state index is 0.00873. The number of hydrazone groups is 1. The van der Waals surface area contributed by atoms with Crippen molar-refractivity contribution in [3.05, 3.63) is 76.3 Å². The predicted octanol–water partition coefficient (Wildman–Crippen LogP) is 5.96. The molecule has 4 rings (SSSR count). The molecule has 9 nitrogen and oxygen atoms in total. The van der Waals surface area contributed by atoms with Gasteiger partial charge < -0.3 is 14.6 Å². The van der Waals surface area contributed by atoms with E-state index in [-0.39, 0.29) is 22.8 Å². The molecule has 2 N–H and O–H groups in total. The Hall–Kier alpha value is -3.83. The van der Waals surface area contributed by atoms with Gasteiger partial charge in [0, 0.05) is 11.3 Å². The lowest BCUT2D eigenvalue weighted by Crippen LogP contribution is -2.20. The van der Waals surface area contributed by atoms with E-state index in [4.69, 9.17) is 9.47 Å². The Kier molecular flexibility index (Phi) is 9.16. The van der Waals surface area contributed by atoms with Crippen molar-refractivity contribution >= 4 is 39.8 Å². The molecule has 1 amide bonds. The molecule has 0 saturated heterocycles.